The molecule has 3 heteroatoms. The number of aryl methyl sites for hydroxylation is 1. The summed E-state index contributed by atoms with van der Waals surface area (Å²) in [5, 5.41) is 9.95. The minimum atomic E-state index is -0.308. The molecule has 1 unspecified atom stereocenters. The van der Waals surface area contributed by atoms with Gasteiger partial charge < -0.3 is 9.84 Å². The molecule has 0 aliphatic rings. The van der Waals surface area contributed by atoms with Crippen molar-refractivity contribution >= 4 is 0 Å². The minimum absolute atomic E-state index is 0.0740. The maximum absolute atomic E-state index is 9.95. The Hall–Kier alpha value is -1.09. The van der Waals surface area contributed by atoms with Crippen LogP contribution in [0.4, 0.5) is 0 Å². The molecule has 1 N–H and O–H groups in total. The Bertz CT molecular complexity index is 331. The van der Waals surface area contributed by atoms with E-state index in [1.807, 2.05) is 32.9 Å². The van der Waals surface area contributed by atoms with Crippen LogP contribution in [-0.4, -0.2) is 23.3 Å². The highest BCUT2D eigenvalue weighted by Gasteiger charge is 2.22. The quantitative estimate of drug-likeness (QED) is 0.852. The van der Waals surface area contributed by atoms with E-state index in [0.717, 1.165) is 18.4 Å². The largest absolute Gasteiger partial charge is 0.481 e. The standard InChI is InChI=1S/C13H21NO2/c1-13(2,3)11(15)8-7-10-6-5-9-14-12(10)16-4/h5-6,9,11,15H,7-8H2,1-4H3. The van der Waals surface area contributed by atoms with E-state index < -0.39 is 0 Å². The number of rotatable bonds is 4. The molecule has 0 amide bonds. The molecule has 0 radical (unpaired) electrons. The van der Waals surface area contributed by atoms with E-state index in [1.54, 1.807) is 13.3 Å². The zero-order chi connectivity index (χ0) is 12.2. The molecule has 0 fully saturated rings. The van der Waals surface area contributed by atoms with Crippen LogP contribution < -0.4 is 4.74 Å². The van der Waals surface area contributed by atoms with Gasteiger partial charge in [0.1, 0.15) is 0 Å². The van der Waals surface area contributed by atoms with Gasteiger partial charge in [-0.15, -0.1) is 0 Å². The molecule has 1 atom stereocenters. The predicted octanol–water partition coefficient (Wildman–Crippen LogP) is 2.43. The van der Waals surface area contributed by atoms with Crippen molar-refractivity contribution < 1.29 is 9.84 Å². The van der Waals surface area contributed by atoms with Crippen LogP contribution in [0.15, 0.2) is 18.3 Å². The van der Waals surface area contributed by atoms with Gasteiger partial charge in [-0.2, -0.15) is 0 Å². The number of pyridine rings is 1. The Morgan fingerprint density at radius 1 is 1.44 bits per heavy atom. The molecule has 1 aromatic rings. The van der Waals surface area contributed by atoms with E-state index >= 15 is 0 Å². The lowest BCUT2D eigenvalue weighted by atomic mass is 9.86. The Balaban J connectivity index is 2.61. The number of aliphatic hydroxyl groups excluding tert-OH is 1. The normalized spacial score (nSPS) is 13.6. The third kappa shape index (κ3) is 3.49. The summed E-state index contributed by atoms with van der Waals surface area (Å²) < 4.78 is 5.17. The molecule has 0 saturated carbocycles. The zero-order valence-corrected chi connectivity index (χ0v) is 10.5. The topological polar surface area (TPSA) is 42.4 Å². The molecule has 0 saturated heterocycles. The van der Waals surface area contributed by atoms with Gasteiger partial charge in [-0.1, -0.05) is 26.8 Å². The molecule has 90 valence electrons. The fraction of sp³-hybridized carbons (Fsp3) is 0.615. The molecule has 1 aromatic heterocycles. The summed E-state index contributed by atoms with van der Waals surface area (Å²) in [5.41, 5.74) is 0.975. The lowest BCUT2D eigenvalue weighted by Gasteiger charge is -2.25. The number of hydrogen-bond donors (Lipinski definition) is 1. The van der Waals surface area contributed by atoms with Crippen molar-refractivity contribution in [2.45, 2.75) is 39.7 Å². The number of aliphatic hydroxyl groups is 1. The lowest BCUT2D eigenvalue weighted by Crippen LogP contribution is -2.26. The molecule has 0 bridgehead atoms. The molecule has 0 aliphatic heterocycles. The van der Waals surface area contributed by atoms with Gasteiger partial charge in [-0.25, -0.2) is 4.98 Å². The second kappa shape index (κ2) is 5.30. The van der Waals surface area contributed by atoms with E-state index in [2.05, 4.69) is 4.98 Å². The molecular formula is C13H21NO2. The van der Waals surface area contributed by atoms with Gasteiger partial charge in [0.2, 0.25) is 5.88 Å². The van der Waals surface area contributed by atoms with Gasteiger partial charge in [0, 0.05) is 11.8 Å². The fourth-order valence-corrected chi connectivity index (χ4v) is 1.52. The van der Waals surface area contributed by atoms with Crippen molar-refractivity contribution in [2.75, 3.05) is 7.11 Å². The van der Waals surface area contributed by atoms with Gasteiger partial charge in [0.15, 0.2) is 0 Å². The van der Waals surface area contributed by atoms with Crippen LogP contribution in [0.2, 0.25) is 0 Å². The Kier molecular flexibility index (Phi) is 4.30. The SMILES string of the molecule is COc1ncccc1CCC(O)C(C)(C)C. The van der Waals surface area contributed by atoms with Gasteiger partial charge in [-0.3, -0.25) is 0 Å². The van der Waals surface area contributed by atoms with Gasteiger partial charge in [0.25, 0.3) is 0 Å². The summed E-state index contributed by atoms with van der Waals surface area (Å²) >= 11 is 0. The van der Waals surface area contributed by atoms with Crippen LogP contribution in [0.5, 0.6) is 5.88 Å². The van der Waals surface area contributed by atoms with E-state index in [-0.39, 0.29) is 11.5 Å². The third-order valence-electron chi connectivity index (χ3n) is 2.73. The first-order valence-electron chi connectivity index (χ1n) is 5.61. The minimum Gasteiger partial charge on any atom is -0.481 e. The average molecular weight is 223 g/mol. The van der Waals surface area contributed by atoms with Crippen molar-refractivity contribution in [1.29, 1.82) is 0 Å². The zero-order valence-electron chi connectivity index (χ0n) is 10.5. The summed E-state index contributed by atoms with van der Waals surface area (Å²) in [6.07, 6.45) is 2.92. The van der Waals surface area contributed by atoms with E-state index in [9.17, 15) is 5.11 Å². The van der Waals surface area contributed by atoms with Crippen LogP contribution in [0, 0.1) is 5.41 Å². The van der Waals surface area contributed by atoms with Gasteiger partial charge in [-0.05, 0) is 24.3 Å². The lowest BCUT2D eigenvalue weighted by molar-refractivity contribution is 0.0558. The summed E-state index contributed by atoms with van der Waals surface area (Å²) in [7, 11) is 1.62. The van der Waals surface area contributed by atoms with E-state index in [4.69, 9.17) is 4.74 Å². The van der Waals surface area contributed by atoms with Gasteiger partial charge in [0.05, 0.1) is 13.2 Å². The first-order valence-corrected chi connectivity index (χ1v) is 5.61. The van der Waals surface area contributed by atoms with Crippen molar-refractivity contribution in [3.63, 3.8) is 0 Å². The van der Waals surface area contributed by atoms with E-state index in [1.165, 1.54) is 0 Å². The summed E-state index contributed by atoms with van der Waals surface area (Å²) in [5.74, 6) is 0.656. The summed E-state index contributed by atoms with van der Waals surface area (Å²) in [4.78, 5) is 4.13. The number of aromatic nitrogens is 1. The molecule has 0 spiro atoms. The maximum Gasteiger partial charge on any atom is 0.216 e. The average Bonchev–Trinajstić information content (AvgIpc) is 2.24. The Labute approximate surface area is 97.5 Å². The smallest absolute Gasteiger partial charge is 0.216 e. The summed E-state index contributed by atoms with van der Waals surface area (Å²) in [6.45, 7) is 6.12. The highest BCUT2D eigenvalue weighted by Crippen LogP contribution is 2.24. The van der Waals surface area contributed by atoms with Crippen molar-refractivity contribution in [2.24, 2.45) is 5.41 Å². The fourth-order valence-electron chi connectivity index (χ4n) is 1.52. The maximum atomic E-state index is 9.95. The molecule has 3 nitrogen and oxygen atoms in total. The van der Waals surface area contributed by atoms with Crippen molar-refractivity contribution in [1.82, 2.24) is 4.98 Å². The number of ether oxygens (including phenoxy) is 1. The first-order chi connectivity index (χ1) is 7.45. The molecule has 1 rings (SSSR count). The van der Waals surface area contributed by atoms with Gasteiger partial charge >= 0.3 is 0 Å². The molecular weight excluding hydrogens is 202 g/mol. The van der Waals surface area contributed by atoms with Crippen LogP contribution in [0.3, 0.4) is 0 Å². The highest BCUT2D eigenvalue weighted by molar-refractivity contribution is 5.25. The second-order valence-corrected chi connectivity index (χ2v) is 5.09. The molecule has 0 aromatic carbocycles. The number of nitrogens with zero attached hydrogens (tertiary/aromatic N) is 1. The van der Waals surface area contributed by atoms with Crippen LogP contribution in [-0.2, 0) is 6.42 Å². The monoisotopic (exact) mass is 223 g/mol. The number of methoxy groups -OCH3 is 1. The van der Waals surface area contributed by atoms with Crippen LogP contribution >= 0.6 is 0 Å². The first kappa shape index (κ1) is 13.0. The Morgan fingerprint density at radius 3 is 2.69 bits per heavy atom. The van der Waals surface area contributed by atoms with Crippen LogP contribution in [0.25, 0.3) is 0 Å². The van der Waals surface area contributed by atoms with Crippen LogP contribution in [0.1, 0.15) is 32.8 Å². The van der Waals surface area contributed by atoms with Crippen molar-refractivity contribution in [3.8, 4) is 5.88 Å². The second-order valence-electron chi connectivity index (χ2n) is 5.09. The highest BCUT2D eigenvalue weighted by atomic mass is 16.5. The Morgan fingerprint density at radius 2 is 2.12 bits per heavy atom. The molecule has 0 aliphatic carbocycles. The third-order valence-corrected chi connectivity index (χ3v) is 2.73. The number of hydrogen-bond acceptors (Lipinski definition) is 3. The predicted molar refractivity (Wildman–Crippen MR) is 64.6 cm³/mol. The molecule has 16 heavy (non-hydrogen) atoms. The van der Waals surface area contributed by atoms with Crippen molar-refractivity contribution in [3.05, 3.63) is 23.9 Å². The summed E-state index contributed by atoms with van der Waals surface area (Å²) in [6, 6.07) is 3.88. The van der Waals surface area contributed by atoms with E-state index in [0.29, 0.717) is 5.88 Å². The molecule has 1 heterocycles.